The highest BCUT2D eigenvalue weighted by molar-refractivity contribution is 7.90. The minimum Gasteiger partial charge on any atom is -0.478 e. The molecule has 0 heterocycles. The molecule has 0 atom stereocenters. The van der Waals surface area contributed by atoms with Gasteiger partial charge in [-0.25, -0.2) is 9.93 Å². The van der Waals surface area contributed by atoms with Crippen LogP contribution in [0.5, 0.6) is 0 Å². The summed E-state index contributed by atoms with van der Waals surface area (Å²) in [5, 5.41) is 13.6. The van der Waals surface area contributed by atoms with E-state index in [4.69, 9.17) is 10.2 Å². The summed E-state index contributed by atoms with van der Waals surface area (Å²) in [5.41, 5.74) is 0.348. The molecule has 0 aliphatic heterocycles. The Morgan fingerprint density at radius 1 is 1.47 bits per heavy atom. The number of benzene rings is 1. The number of carboxylic acid groups (broad SMARTS) is 1. The van der Waals surface area contributed by atoms with Gasteiger partial charge in [-0.3, -0.25) is 4.72 Å². The van der Waals surface area contributed by atoms with E-state index in [2.05, 4.69) is 0 Å². The summed E-state index contributed by atoms with van der Waals surface area (Å²) in [4.78, 5) is 10.8. The summed E-state index contributed by atoms with van der Waals surface area (Å²) in [6, 6.07) is 4.40. The first-order valence-electron chi connectivity index (χ1n) is 3.94. The van der Waals surface area contributed by atoms with Gasteiger partial charge in [-0.05, 0) is 18.6 Å². The number of hydrogen-bond donors (Lipinski definition) is 3. The molecule has 82 valence electrons. The van der Waals surface area contributed by atoms with Gasteiger partial charge >= 0.3 is 5.97 Å². The van der Waals surface area contributed by atoms with Crippen molar-refractivity contribution < 1.29 is 18.3 Å². The maximum absolute atomic E-state index is 10.8. The van der Waals surface area contributed by atoms with Crippen LogP contribution in [0.3, 0.4) is 0 Å². The Bertz CT molecular complexity index is 495. The first-order chi connectivity index (χ1) is 6.81. The monoisotopic (exact) mass is 230 g/mol. The highest BCUT2D eigenvalue weighted by Crippen LogP contribution is 2.20. The topological polar surface area (TPSA) is 109 Å². The van der Waals surface area contributed by atoms with Crippen LogP contribution in [-0.2, 0) is 10.2 Å². The number of para-hydroxylation sites is 1. The standard InChI is InChI=1S/C8H10N2O4S/c1-5-3-2-4-6(8(11)12)7(5)10-15(9,13)14/h2-4,10H,1H3,(H,11,12)(H2,9,13,14). The van der Waals surface area contributed by atoms with E-state index >= 15 is 0 Å². The van der Waals surface area contributed by atoms with Crippen molar-refractivity contribution in [1.82, 2.24) is 0 Å². The SMILES string of the molecule is Cc1cccc(C(=O)O)c1NS(N)(=O)=O. The Labute approximate surface area is 86.9 Å². The summed E-state index contributed by atoms with van der Waals surface area (Å²) < 4.78 is 23.6. The van der Waals surface area contributed by atoms with Crippen molar-refractivity contribution in [3.63, 3.8) is 0 Å². The molecule has 6 nitrogen and oxygen atoms in total. The summed E-state index contributed by atoms with van der Waals surface area (Å²) in [6.07, 6.45) is 0. The Hall–Kier alpha value is -1.60. The van der Waals surface area contributed by atoms with Crippen LogP contribution in [0.1, 0.15) is 15.9 Å². The Morgan fingerprint density at radius 3 is 2.53 bits per heavy atom. The normalized spacial score (nSPS) is 11.1. The Balaban J connectivity index is 3.32. The van der Waals surface area contributed by atoms with Crippen LogP contribution in [0, 0.1) is 6.92 Å². The smallest absolute Gasteiger partial charge is 0.337 e. The van der Waals surface area contributed by atoms with Crippen LogP contribution in [0.2, 0.25) is 0 Å². The third-order valence-electron chi connectivity index (χ3n) is 1.75. The van der Waals surface area contributed by atoms with Gasteiger partial charge in [0, 0.05) is 0 Å². The third-order valence-corrected chi connectivity index (χ3v) is 2.24. The second-order valence-electron chi connectivity index (χ2n) is 2.95. The third kappa shape index (κ3) is 2.93. The minimum absolute atomic E-state index is 0.00694. The molecule has 0 bridgehead atoms. The van der Waals surface area contributed by atoms with E-state index in [-0.39, 0.29) is 11.3 Å². The molecule has 0 aliphatic rings. The summed E-state index contributed by atoms with van der Waals surface area (Å²) >= 11 is 0. The van der Waals surface area contributed by atoms with Crippen molar-refractivity contribution in [2.45, 2.75) is 6.92 Å². The van der Waals surface area contributed by atoms with Crippen molar-refractivity contribution in [1.29, 1.82) is 0 Å². The number of hydrogen-bond acceptors (Lipinski definition) is 3. The molecule has 0 fully saturated rings. The van der Waals surface area contributed by atoms with Crippen LogP contribution in [0.15, 0.2) is 18.2 Å². The van der Waals surface area contributed by atoms with E-state index in [9.17, 15) is 13.2 Å². The molecule has 0 saturated heterocycles. The van der Waals surface area contributed by atoms with Gasteiger partial charge in [0.25, 0.3) is 10.2 Å². The van der Waals surface area contributed by atoms with Crippen molar-refractivity contribution in [2.75, 3.05) is 4.72 Å². The molecule has 0 spiro atoms. The molecule has 15 heavy (non-hydrogen) atoms. The van der Waals surface area contributed by atoms with Crippen molar-refractivity contribution in [3.05, 3.63) is 29.3 Å². The fraction of sp³-hybridized carbons (Fsp3) is 0.125. The van der Waals surface area contributed by atoms with E-state index in [0.717, 1.165) is 0 Å². The molecule has 1 aromatic carbocycles. The zero-order valence-corrected chi connectivity index (χ0v) is 8.71. The number of aromatic carboxylic acids is 1. The molecular weight excluding hydrogens is 220 g/mol. The predicted molar refractivity (Wildman–Crippen MR) is 54.9 cm³/mol. The van der Waals surface area contributed by atoms with Gasteiger partial charge in [0.1, 0.15) is 0 Å². The highest BCUT2D eigenvalue weighted by Gasteiger charge is 2.14. The lowest BCUT2D eigenvalue weighted by molar-refractivity contribution is 0.0698. The molecule has 0 radical (unpaired) electrons. The predicted octanol–water partition coefficient (Wildman–Crippen LogP) is 0.309. The first-order valence-corrected chi connectivity index (χ1v) is 5.49. The van der Waals surface area contributed by atoms with Gasteiger partial charge in [0.15, 0.2) is 0 Å². The van der Waals surface area contributed by atoms with Gasteiger partial charge in [-0.15, -0.1) is 0 Å². The van der Waals surface area contributed by atoms with Crippen LogP contribution in [-0.4, -0.2) is 19.5 Å². The Kier molecular flexibility index (Phi) is 2.96. The number of anilines is 1. The molecule has 0 aliphatic carbocycles. The van der Waals surface area contributed by atoms with Gasteiger partial charge in [0.2, 0.25) is 0 Å². The molecule has 0 saturated carbocycles. The minimum atomic E-state index is -3.97. The first kappa shape index (κ1) is 11.5. The van der Waals surface area contributed by atoms with Crippen LogP contribution in [0.25, 0.3) is 0 Å². The van der Waals surface area contributed by atoms with E-state index in [1.54, 1.807) is 13.0 Å². The van der Waals surface area contributed by atoms with Crippen LogP contribution in [0.4, 0.5) is 5.69 Å². The maximum atomic E-state index is 10.8. The van der Waals surface area contributed by atoms with Crippen molar-refractivity contribution in [2.24, 2.45) is 5.14 Å². The number of carboxylic acids is 1. The molecule has 0 aromatic heterocycles. The zero-order chi connectivity index (χ0) is 11.6. The van der Waals surface area contributed by atoms with E-state index in [0.29, 0.717) is 5.56 Å². The molecular formula is C8H10N2O4S. The zero-order valence-electron chi connectivity index (χ0n) is 7.89. The quantitative estimate of drug-likeness (QED) is 0.694. The van der Waals surface area contributed by atoms with E-state index < -0.39 is 16.2 Å². The van der Waals surface area contributed by atoms with Gasteiger partial charge < -0.3 is 5.11 Å². The summed E-state index contributed by atoms with van der Waals surface area (Å²) in [6.45, 7) is 1.58. The number of aryl methyl sites for hydroxylation is 1. The molecule has 7 heteroatoms. The second-order valence-corrected chi connectivity index (χ2v) is 4.24. The fourth-order valence-corrected chi connectivity index (χ4v) is 1.68. The highest BCUT2D eigenvalue weighted by atomic mass is 32.2. The second kappa shape index (κ2) is 3.87. The average Bonchev–Trinajstić information content (AvgIpc) is 2.05. The Morgan fingerprint density at radius 2 is 2.07 bits per heavy atom. The maximum Gasteiger partial charge on any atom is 0.337 e. The number of nitrogens with one attached hydrogen (secondary N) is 1. The van der Waals surface area contributed by atoms with Crippen LogP contribution < -0.4 is 9.86 Å². The number of nitrogens with two attached hydrogens (primary N) is 1. The molecule has 1 rings (SSSR count). The van der Waals surface area contributed by atoms with Gasteiger partial charge in [-0.2, -0.15) is 8.42 Å². The average molecular weight is 230 g/mol. The number of rotatable bonds is 3. The summed E-state index contributed by atoms with van der Waals surface area (Å²) in [7, 11) is -3.97. The van der Waals surface area contributed by atoms with Crippen molar-refractivity contribution in [3.8, 4) is 0 Å². The lowest BCUT2D eigenvalue weighted by Gasteiger charge is -2.09. The van der Waals surface area contributed by atoms with Crippen molar-refractivity contribution >= 4 is 21.9 Å². The van der Waals surface area contributed by atoms with E-state index in [1.807, 2.05) is 4.72 Å². The van der Waals surface area contributed by atoms with Crippen LogP contribution >= 0.6 is 0 Å². The molecule has 0 unspecified atom stereocenters. The van der Waals surface area contributed by atoms with Gasteiger partial charge in [-0.1, -0.05) is 12.1 Å². The lowest BCUT2D eigenvalue weighted by Crippen LogP contribution is -2.23. The van der Waals surface area contributed by atoms with Gasteiger partial charge in [0.05, 0.1) is 11.3 Å². The molecule has 4 N–H and O–H groups in total. The fourth-order valence-electron chi connectivity index (χ4n) is 1.12. The molecule has 1 aromatic rings. The summed E-state index contributed by atoms with van der Waals surface area (Å²) in [5.74, 6) is -1.22. The van der Waals surface area contributed by atoms with E-state index in [1.165, 1.54) is 12.1 Å². The number of carbonyl (C=O) groups is 1. The molecule has 0 amide bonds. The lowest BCUT2D eigenvalue weighted by atomic mass is 10.1. The largest absolute Gasteiger partial charge is 0.478 e.